The van der Waals surface area contributed by atoms with Crippen molar-refractivity contribution in [1.82, 2.24) is 5.32 Å². The van der Waals surface area contributed by atoms with E-state index in [0.717, 1.165) is 23.9 Å². The molecule has 3 aliphatic rings. The first-order valence-electron chi connectivity index (χ1n) is 6.04. The van der Waals surface area contributed by atoms with Gasteiger partial charge < -0.3 is 5.32 Å². The van der Waals surface area contributed by atoms with Crippen molar-refractivity contribution < 1.29 is 0 Å². The van der Waals surface area contributed by atoms with Gasteiger partial charge in [-0.05, 0) is 37.5 Å². The molecule has 3 unspecified atom stereocenters. The lowest BCUT2D eigenvalue weighted by Crippen LogP contribution is -2.44. The van der Waals surface area contributed by atoms with Gasteiger partial charge in [-0.3, -0.25) is 0 Å². The Morgan fingerprint density at radius 1 is 0.929 bits per heavy atom. The average Bonchev–Trinajstić information content (AvgIpc) is 2.55. The van der Waals surface area contributed by atoms with Gasteiger partial charge >= 0.3 is 0 Å². The molecule has 3 atom stereocenters. The monoisotopic (exact) mass is 189 g/mol. The Morgan fingerprint density at radius 3 is 2.57 bits per heavy atom. The van der Waals surface area contributed by atoms with Crippen LogP contribution in [0, 0.1) is 11.8 Å². The van der Waals surface area contributed by atoms with Crippen molar-refractivity contribution in [2.75, 3.05) is 0 Å². The summed E-state index contributed by atoms with van der Waals surface area (Å²) in [6.07, 6.45) is 16.3. The molecule has 76 valence electrons. The molecule has 2 fully saturated rings. The van der Waals surface area contributed by atoms with E-state index in [0.29, 0.717) is 0 Å². The van der Waals surface area contributed by atoms with Crippen molar-refractivity contribution in [3.63, 3.8) is 0 Å². The van der Waals surface area contributed by atoms with Crippen LogP contribution in [0.1, 0.15) is 32.1 Å². The van der Waals surface area contributed by atoms with Crippen LogP contribution in [0.15, 0.2) is 24.3 Å². The van der Waals surface area contributed by atoms with Gasteiger partial charge in [-0.25, -0.2) is 0 Å². The number of rotatable bonds is 2. The van der Waals surface area contributed by atoms with Gasteiger partial charge in [0.2, 0.25) is 0 Å². The van der Waals surface area contributed by atoms with Crippen molar-refractivity contribution in [3.8, 4) is 0 Å². The van der Waals surface area contributed by atoms with Crippen molar-refractivity contribution in [1.29, 1.82) is 0 Å². The summed E-state index contributed by atoms with van der Waals surface area (Å²) in [5.41, 5.74) is 0. The second-order valence-electron chi connectivity index (χ2n) is 4.99. The maximum absolute atomic E-state index is 3.83. The van der Waals surface area contributed by atoms with Crippen LogP contribution in [0.2, 0.25) is 0 Å². The van der Waals surface area contributed by atoms with Crippen molar-refractivity contribution >= 4 is 0 Å². The molecule has 0 bridgehead atoms. The van der Waals surface area contributed by atoms with E-state index in [1.54, 1.807) is 0 Å². The molecular weight excluding hydrogens is 170 g/mol. The van der Waals surface area contributed by atoms with Gasteiger partial charge in [0.15, 0.2) is 0 Å². The van der Waals surface area contributed by atoms with Crippen molar-refractivity contribution in [2.45, 2.75) is 44.2 Å². The lowest BCUT2D eigenvalue weighted by atomic mass is 9.87. The Balaban J connectivity index is 1.64. The van der Waals surface area contributed by atoms with E-state index >= 15 is 0 Å². The van der Waals surface area contributed by atoms with E-state index in [9.17, 15) is 0 Å². The fraction of sp³-hybridized carbons (Fsp3) is 0.692. The van der Waals surface area contributed by atoms with Gasteiger partial charge in [0.05, 0.1) is 0 Å². The number of allylic oxidation sites excluding steroid dienone is 3. The summed E-state index contributed by atoms with van der Waals surface area (Å²) < 4.78 is 0. The van der Waals surface area contributed by atoms with Crippen LogP contribution in [0.3, 0.4) is 0 Å². The number of fused-ring (bicyclic) bond motifs is 1. The second kappa shape index (κ2) is 3.54. The first kappa shape index (κ1) is 8.72. The van der Waals surface area contributed by atoms with E-state index in [1.807, 2.05) is 0 Å². The van der Waals surface area contributed by atoms with Crippen LogP contribution < -0.4 is 5.32 Å². The molecule has 1 heteroatoms. The number of hydrogen-bond donors (Lipinski definition) is 1. The highest BCUT2D eigenvalue weighted by atomic mass is 15.0. The molecule has 14 heavy (non-hydrogen) atoms. The molecule has 0 aromatic rings. The van der Waals surface area contributed by atoms with Crippen LogP contribution in [-0.2, 0) is 0 Å². The van der Waals surface area contributed by atoms with E-state index in [2.05, 4.69) is 29.6 Å². The number of nitrogens with one attached hydrogen (secondary N) is 1. The Bertz CT molecular complexity index is 262. The minimum atomic E-state index is 0.770. The maximum Gasteiger partial charge on any atom is 0.0138 e. The SMILES string of the molecule is C1=CC2CCC(NC3CCC3)C2C=C1. The van der Waals surface area contributed by atoms with Gasteiger partial charge in [-0.2, -0.15) is 0 Å². The summed E-state index contributed by atoms with van der Waals surface area (Å²) >= 11 is 0. The van der Waals surface area contributed by atoms with E-state index in [4.69, 9.17) is 0 Å². The third-order valence-electron chi connectivity index (χ3n) is 4.13. The number of hydrogen-bond acceptors (Lipinski definition) is 1. The molecule has 0 radical (unpaired) electrons. The second-order valence-corrected chi connectivity index (χ2v) is 4.99. The molecule has 1 nitrogen and oxygen atoms in total. The maximum atomic E-state index is 3.83. The highest BCUT2D eigenvalue weighted by Gasteiger charge is 2.35. The Labute approximate surface area is 86.3 Å². The van der Waals surface area contributed by atoms with Crippen molar-refractivity contribution in [3.05, 3.63) is 24.3 Å². The van der Waals surface area contributed by atoms with Crippen LogP contribution in [0.5, 0.6) is 0 Å². The van der Waals surface area contributed by atoms with Gasteiger partial charge in [0.25, 0.3) is 0 Å². The molecule has 0 amide bonds. The van der Waals surface area contributed by atoms with E-state index in [1.165, 1.54) is 32.1 Å². The van der Waals surface area contributed by atoms with Gasteiger partial charge in [-0.1, -0.05) is 30.7 Å². The summed E-state index contributed by atoms with van der Waals surface area (Å²) in [6, 6.07) is 1.62. The van der Waals surface area contributed by atoms with Gasteiger partial charge in [0, 0.05) is 12.1 Å². The van der Waals surface area contributed by atoms with E-state index in [-0.39, 0.29) is 0 Å². The first-order chi connectivity index (χ1) is 6.93. The molecule has 2 saturated carbocycles. The predicted molar refractivity (Wildman–Crippen MR) is 59.1 cm³/mol. The molecule has 0 spiro atoms. The fourth-order valence-electron chi connectivity index (χ4n) is 3.03. The molecular formula is C13H19N. The first-order valence-corrected chi connectivity index (χ1v) is 6.04. The minimum Gasteiger partial charge on any atom is -0.311 e. The summed E-state index contributed by atoms with van der Waals surface area (Å²) in [7, 11) is 0. The predicted octanol–water partition coefficient (Wildman–Crippen LogP) is 2.65. The Kier molecular flexibility index (Phi) is 2.21. The van der Waals surface area contributed by atoms with Crippen molar-refractivity contribution in [2.24, 2.45) is 11.8 Å². The standard InChI is InChI=1S/C13H19N/c1-2-7-12-10(4-1)8-9-13(12)14-11-5-3-6-11/h1-2,4,7,10-14H,3,5-6,8-9H2. The summed E-state index contributed by atoms with van der Waals surface area (Å²) in [5.74, 6) is 1.62. The summed E-state index contributed by atoms with van der Waals surface area (Å²) in [5, 5.41) is 3.83. The van der Waals surface area contributed by atoms with Crippen LogP contribution in [-0.4, -0.2) is 12.1 Å². The lowest BCUT2D eigenvalue weighted by molar-refractivity contribution is 0.282. The lowest BCUT2D eigenvalue weighted by Gasteiger charge is -2.32. The topological polar surface area (TPSA) is 12.0 Å². The molecule has 0 aliphatic heterocycles. The zero-order valence-electron chi connectivity index (χ0n) is 8.65. The molecule has 1 N–H and O–H groups in total. The largest absolute Gasteiger partial charge is 0.311 e. The third kappa shape index (κ3) is 1.44. The molecule has 0 aromatic carbocycles. The van der Waals surface area contributed by atoms with Crippen LogP contribution >= 0.6 is 0 Å². The zero-order chi connectivity index (χ0) is 9.38. The highest BCUT2D eigenvalue weighted by molar-refractivity contribution is 5.18. The van der Waals surface area contributed by atoms with Crippen LogP contribution in [0.25, 0.3) is 0 Å². The molecule has 3 rings (SSSR count). The summed E-state index contributed by atoms with van der Waals surface area (Å²) in [4.78, 5) is 0. The van der Waals surface area contributed by atoms with E-state index < -0.39 is 0 Å². The third-order valence-corrected chi connectivity index (χ3v) is 4.13. The van der Waals surface area contributed by atoms with Crippen LogP contribution in [0.4, 0.5) is 0 Å². The smallest absolute Gasteiger partial charge is 0.0138 e. The normalized spacial score (nSPS) is 41.0. The quantitative estimate of drug-likeness (QED) is 0.704. The molecule has 0 aromatic heterocycles. The zero-order valence-corrected chi connectivity index (χ0v) is 8.65. The van der Waals surface area contributed by atoms with Gasteiger partial charge in [-0.15, -0.1) is 0 Å². The minimum absolute atomic E-state index is 0.770. The molecule has 3 aliphatic carbocycles. The fourth-order valence-corrected chi connectivity index (χ4v) is 3.03. The van der Waals surface area contributed by atoms with Gasteiger partial charge in [0.1, 0.15) is 0 Å². The highest BCUT2D eigenvalue weighted by Crippen LogP contribution is 2.37. The Morgan fingerprint density at radius 2 is 1.79 bits per heavy atom. The average molecular weight is 189 g/mol. The molecule has 0 heterocycles. The Hall–Kier alpha value is -0.560. The molecule has 0 saturated heterocycles. The summed E-state index contributed by atoms with van der Waals surface area (Å²) in [6.45, 7) is 0.